The van der Waals surface area contributed by atoms with Crippen LogP contribution >= 0.6 is 11.3 Å². The highest BCUT2D eigenvalue weighted by molar-refractivity contribution is 7.10. The molecule has 1 aromatic carbocycles. The summed E-state index contributed by atoms with van der Waals surface area (Å²) in [6, 6.07) is 13.9. The zero-order chi connectivity index (χ0) is 16.8. The zero-order valence-corrected chi connectivity index (χ0v) is 14.7. The summed E-state index contributed by atoms with van der Waals surface area (Å²) >= 11 is 1.76. The second-order valence-electron chi connectivity index (χ2n) is 6.32. The third-order valence-corrected chi connectivity index (χ3v) is 5.53. The second-order valence-corrected chi connectivity index (χ2v) is 7.29. The van der Waals surface area contributed by atoms with Crippen molar-refractivity contribution in [3.05, 3.63) is 58.3 Å². The maximum Gasteiger partial charge on any atom is 0.237 e. The van der Waals surface area contributed by atoms with E-state index in [2.05, 4.69) is 27.7 Å². The van der Waals surface area contributed by atoms with Gasteiger partial charge in [0.05, 0.1) is 12.1 Å². The van der Waals surface area contributed by atoms with Crippen molar-refractivity contribution in [2.24, 2.45) is 5.73 Å². The Bertz CT molecular complexity index is 623. The van der Waals surface area contributed by atoms with Crippen LogP contribution in [0.3, 0.4) is 0 Å². The number of likely N-dealkylation sites (tertiary alicyclic amines) is 1. The van der Waals surface area contributed by atoms with Crippen LogP contribution < -0.4 is 11.1 Å². The van der Waals surface area contributed by atoms with Crippen LogP contribution in [0, 0.1) is 0 Å². The fraction of sp³-hybridized carbons (Fsp3) is 0.421. The monoisotopic (exact) mass is 343 g/mol. The Labute approximate surface area is 147 Å². The smallest absolute Gasteiger partial charge is 0.237 e. The topological polar surface area (TPSA) is 58.4 Å². The van der Waals surface area contributed by atoms with Crippen molar-refractivity contribution < 1.29 is 4.79 Å². The van der Waals surface area contributed by atoms with Gasteiger partial charge in [-0.25, -0.2) is 0 Å². The molecule has 2 atom stereocenters. The number of rotatable bonds is 7. The largest absolute Gasteiger partial charge is 0.353 e. The molecule has 0 saturated carbocycles. The van der Waals surface area contributed by atoms with Gasteiger partial charge in [0.15, 0.2) is 0 Å². The summed E-state index contributed by atoms with van der Waals surface area (Å²) in [6.45, 7) is 2.84. The quantitative estimate of drug-likeness (QED) is 0.812. The maximum absolute atomic E-state index is 12.4. The molecule has 1 fully saturated rings. The van der Waals surface area contributed by atoms with Crippen LogP contribution in [0.2, 0.25) is 0 Å². The molecule has 2 unspecified atom stereocenters. The van der Waals surface area contributed by atoms with Crippen LogP contribution in [0.15, 0.2) is 47.8 Å². The van der Waals surface area contributed by atoms with Gasteiger partial charge in [-0.3, -0.25) is 9.69 Å². The Morgan fingerprint density at radius 2 is 1.92 bits per heavy atom. The molecule has 0 aliphatic carbocycles. The number of hydrogen-bond donors (Lipinski definition) is 2. The van der Waals surface area contributed by atoms with Gasteiger partial charge in [-0.1, -0.05) is 36.4 Å². The number of hydrogen-bond acceptors (Lipinski definition) is 4. The fourth-order valence-corrected chi connectivity index (χ4v) is 4.09. The Balaban J connectivity index is 1.56. The van der Waals surface area contributed by atoms with Gasteiger partial charge >= 0.3 is 0 Å². The van der Waals surface area contributed by atoms with E-state index in [9.17, 15) is 4.79 Å². The van der Waals surface area contributed by atoms with Crippen molar-refractivity contribution in [3.63, 3.8) is 0 Å². The molecule has 1 aliphatic rings. The lowest BCUT2D eigenvalue weighted by Crippen LogP contribution is -2.45. The van der Waals surface area contributed by atoms with E-state index in [1.165, 1.54) is 17.7 Å². The van der Waals surface area contributed by atoms with Crippen molar-refractivity contribution in [2.75, 3.05) is 19.6 Å². The number of nitrogens with zero attached hydrogens (tertiary/aromatic N) is 1. The van der Waals surface area contributed by atoms with Gasteiger partial charge in [-0.05, 0) is 49.4 Å². The van der Waals surface area contributed by atoms with Crippen molar-refractivity contribution in [3.8, 4) is 0 Å². The van der Waals surface area contributed by atoms with Crippen LogP contribution in [-0.2, 0) is 11.2 Å². The lowest BCUT2D eigenvalue weighted by molar-refractivity contribution is -0.122. The van der Waals surface area contributed by atoms with E-state index in [-0.39, 0.29) is 11.9 Å². The second kappa shape index (κ2) is 8.42. The minimum absolute atomic E-state index is 0.0698. The molecule has 1 amide bonds. The zero-order valence-electron chi connectivity index (χ0n) is 13.9. The van der Waals surface area contributed by atoms with Crippen molar-refractivity contribution in [1.29, 1.82) is 0 Å². The normalized spacial score (nSPS) is 17.5. The average Bonchev–Trinajstić information content (AvgIpc) is 3.30. The van der Waals surface area contributed by atoms with Crippen molar-refractivity contribution >= 4 is 17.2 Å². The molecule has 24 heavy (non-hydrogen) atoms. The van der Waals surface area contributed by atoms with Crippen molar-refractivity contribution in [1.82, 2.24) is 10.2 Å². The fourth-order valence-electron chi connectivity index (χ4n) is 3.23. The first-order valence-corrected chi connectivity index (χ1v) is 9.46. The summed E-state index contributed by atoms with van der Waals surface area (Å²) in [6.07, 6.45) is 3.05. The molecule has 3 N–H and O–H groups in total. The van der Waals surface area contributed by atoms with E-state index < -0.39 is 6.04 Å². The highest BCUT2D eigenvalue weighted by atomic mass is 32.1. The van der Waals surface area contributed by atoms with Gasteiger partial charge in [0.2, 0.25) is 5.91 Å². The van der Waals surface area contributed by atoms with Gasteiger partial charge in [-0.2, -0.15) is 0 Å². The highest BCUT2D eigenvalue weighted by Crippen LogP contribution is 2.27. The SMILES string of the molecule is NC(Cc1ccccc1)C(=O)NCC(c1cccs1)N1CCCC1. The summed E-state index contributed by atoms with van der Waals surface area (Å²) in [5.74, 6) is -0.0698. The van der Waals surface area contributed by atoms with Gasteiger partial charge in [0.1, 0.15) is 0 Å². The van der Waals surface area contributed by atoms with Crippen LogP contribution in [-0.4, -0.2) is 36.5 Å². The van der Waals surface area contributed by atoms with Gasteiger partial charge in [-0.15, -0.1) is 11.3 Å². The number of benzene rings is 1. The molecular weight excluding hydrogens is 318 g/mol. The lowest BCUT2D eigenvalue weighted by Gasteiger charge is -2.27. The molecular formula is C19H25N3OS. The first kappa shape index (κ1) is 17.1. The number of carbonyl (C=O) groups is 1. The number of thiophene rings is 1. The third-order valence-electron chi connectivity index (χ3n) is 4.56. The number of nitrogens with two attached hydrogens (primary N) is 1. The average molecular weight is 343 g/mol. The number of carbonyl (C=O) groups excluding carboxylic acids is 1. The molecule has 1 aromatic heterocycles. The minimum atomic E-state index is -0.505. The summed E-state index contributed by atoms with van der Waals surface area (Å²) in [7, 11) is 0. The first-order valence-electron chi connectivity index (χ1n) is 8.58. The van der Waals surface area contributed by atoms with Crippen molar-refractivity contribution in [2.45, 2.75) is 31.3 Å². The van der Waals surface area contributed by atoms with Gasteiger partial charge < -0.3 is 11.1 Å². The van der Waals surface area contributed by atoms with Crippen LogP contribution in [0.5, 0.6) is 0 Å². The molecule has 0 bridgehead atoms. The number of amides is 1. The molecule has 0 radical (unpaired) electrons. The minimum Gasteiger partial charge on any atom is -0.353 e. The molecule has 5 heteroatoms. The van der Waals surface area contributed by atoms with Crippen LogP contribution in [0.25, 0.3) is 0 Å². The molecule has 0 spiro atoms. The summed E-state index contributed by atoms with van der Waals surface area (Å²) in [5, 5.41) is 5.17. The maximum atomic E-state index is 12.4. The predicted molar refractivity (Wildman–Crippen MR) is 99.0 cm³/mol. The summed E-state index contributed by atoms with van der Waals surface area (Å²) < 4.78 is 0. The molecule has 1 saturated heterocycles. The van der Waals surface area contributed by atoms with Crippen LogP contribution in [0.4, 0.5) is 0 Å². The summed E-state index contributed by atoms with van der Waals surface area (Å²) in [5.41, 5.74) is 7.18. The number of nitrogens with one attached hydrogen (secondary N) is 1. The first-order chi connectivity index (χ1) is 11.7. The Kier molecular flexibility index (Phi) is 6.01. The molecule has 128 valence electrons. The van der Waals surface area contributed by atoms with E-state index in [4.69, 9.17) is 5.73 Å². The molecule has 4 nitrogen and oxygen atoms in total. The predicted octanol–water partition coefficient (Wildman–Crippen LogP) is 2.57. The van der Waals surface area contributed by atoms with E-state index in [0.29, 0.717) is 13.0 Å². The van der Waals surface area contributed by atoms with E-state index >= 15 is 0 Å². The van der Waals surface area contributed by atoms with E-state index in [0.717, 1.165) is 18.7 Å². The van der Waals surface area contributed by atoms with Gasteiger partial charge in [0.25, 0.3) is 0 Å². The Morgan fingerprint density at radius 3 is 2.58 bits per heavy atom. The van der Waals surface area contributed by atoms with E-state index in [1.807, 2.05) is 30.3 Å². The molecule has 3 rings (SSSR count). The highest BCUT2D eigenvalue weighted by Gasteiger charge is 2.25. The molecule has 1 aliphatic heterocycles. The van der Waals surface area contributed by atoms with E-state index in [1.54, 1.807) is 11.3 Å². The Hall–Kier alpha value is -1.69. The van der Waals surface area contributed by atoms with Crippen LogP contribution in [0.1, 0.15) is 29.3 Å². The standard InChI is InChI=1S/C19H25N3OS/c20-16(13-15-7-2-1-3-8-15)19(23)21-14-17(18-9-6-12-24-18)22-10-4-5-11-22/h1-3,6-9,12,16-17H,4-5,10-11,13-14,20H2,(H,21,23). The Morgan fingerprint density at radius 1 is 1.17 bits per heavy atom. The summed E-state index contributed by atoms with van der Waals surface area (Å²) in [4.78, 5) is 16.2. The lowest BCUT2D eigenvalue weighted by atomic mass is 10.1. The third kappa shape index (κ3) is 4.44. The van der Waals surface area contributed by atoms with Gasteiger partial charge in [0, 0.05) is 11.4 Å². The molecule has 2 heterocycles. The molecule has 2 aromatic rings.